The molecule has 0 aromatic rings. The molecule has 0 aromatic heterocycles. The molecule has 2 unspecified atom stereocenters. The summed E-state index contributed by atoms with van der Waals surface area (Å²) in [5.74, 6) is -0.413. The van der Waals surface area contributed by atoms with E-state index in [9.17, 15) is 9.59 Å². The van der Waals surface area contributed by atoms with Crippen molar-refractivity contribution in [1.82, 2.24) is 10.6 Å². The first-order valence-corrected chi connectivity index (χ1v) is 6.92. The Morgan fingerprint density at radius 1 is 1.00 bits per heavy atom. The summed E-state index contributed by atoms with van der Waals surface area (Å²) in [5.41, 5.74) is -0.982. The minimum atomic E-state index is -0.982. The Balaban J connectivity index is 1.91. The number of hydrogen-bond donors (Lipinski definition) is 2. The summed E-state index contributed by atoms with van der Waals surface area (Å²) in [5, 5.41) is 5.63. The van der Waals surface area contributed by atoms with E-state index < -0.39 is 5.41 Å². The van der Waals surface area contributed by atoms with Crippen molar-refractivity contribution in [2.75, 3.05) is 26.3 Å². The number of amides is 2. The van der Waals surface area contributed by atoms with Crippen molar-refractivity contribution >= 4 is 11.8 Å². The molecule has 2 aliphatic rings. The van der Waals surface area contributed by atoms with Gasteiger partial charge in [-0.05, 0) is 12.8 Å². The minimum absolute atomic E-state index is 0.123. The van der Waals surface area contributed by atoms with Crippen molar-refractivity contribution in [3.8, 4) is 0 Å². The third kappa shape index (κ3) is 3.45. The van der Waals surface area contributed by atoms with E-state index in [1.54, 1.807) is 0 Å². The molecule has 2 saturated heterocycles. The molecular weight excluding hydrogens is 248 g/mol. The first kappa shape index (κ1) is 14.3. The summed E-state index contributed by atoms with van der Waals surface area (Å²) in [7, 11) is 0. The number of hydrogen-bond acceptors (Lipinski definition) is 4. The number of carbonyl (C=O) groups is 2. The quantitative estimate of drug-likeness (QED) is 0.473. The van der Waals surface area contributed by atoms with E-state index in [1.165, 1.54) is 0 Å². The van der Waals surface area contributed by atoms with Gasteiger partial charge in [0.2, 0.25) is 11.8 Å². The van der Waals surface area contributed by atoms with E-state index in [-0.39, 0.29) is 24.0 Å². The van der Waals surface area contributed by atoms with Gasteiger partial charge in [0.15, 0.2) is 0 Å². The normalized spacial score (nSPS) is 24.7. The lowest BCUT2D eigenvalue weighted by atomic mass is 9.80. The Kier molecular flexibility index (Phi) is 4.42. The lowest BCUT2D eigenvalue weighted by Gasteiger charge is -2.28. The van der Waals surface area contributed by atoms with E-state index in [0.29, 0.717) is 39.1 Å². The van der Waals surface area contributed by atoms with Crippen molar-refractivity contribution in [1.29, 1.82) is 0 Å². The van der Waals surface area contributed by atoms with E-state index >= 15 is 0 Å². The van der Waals surface area contributed by atoms with Gasteiger partial charge in [0.25, 0.3) is 0 Å². The van der Waals surface area contributed by atoms with Crippen molar-refractivity contribution in [2.45, 2.75) is 38.9 Å². The predicted octanol–water partition coefficient (Wildman–Crippen LogP) is -0.177. The van der Waals surface area contributed by atoms with E-state index in [4.69, 9.17) is 9.47 Å². The molecule has 2 aliphatic heterocycles. The van der Waals surface area contributed by atoms with Gasteiger partial charge in [-0.3, -0.25) is 9.59 Å². The molecule has 0 saturated carbocycles. The number of nitrogens with one attached hydrogen (secondary N) is 2. The third-order valence-corrected chi connectivity index (χ3v) is 3.86. The second kappa shape index (κ2) is 5.88. The first-order valence-electron chi connectivity index (χ1n) is 6.92. The molecule has 6 nitrogen and oxygen atoms in total. The van der Waals surface area contributed by atoms with Crippen LogP contribution in [0, 0.1) is 5.41 Å². The maximum Gasteiger partial charge on any atom is 0.235 e. The molecule has 0 aromatic carbocycles. The van der Waals surface area contributed by atoms with Crippen LogP contribution in [0.4, 0.5) is 0 Å². The van der Waals surface area contributed by atoms with Gasteiger partial charge in [0.1, 0.15) is 5.41 Å². The zero-order chi connectivity index (χ0) is 13.9. The van der Waals surface area contributed by atoms with Gasteiger partial charge < -0.3 is 20.1 Å². The number of ether oxygens (including phenoxy) is 2. The fourth-order valence-corrected chi connectivity index (χ4v) is 2.12. The van der Waals surface area contributed by atoms with E-state index in [1.807, 2.05) is 13.8 Å². The Labute approximate surface area is 113 Å². The van der Waals surface area contributed by atoms with Crippen LogP contribution < -0.4 is 10.6 Å². The summed E-state index contributed by atoms with van der Waals surface area (Å²) in [6, 6.07) is 0. The number of carbonyl (C=O) groups excluding carboxylic acids is 2. The van der Waals surface area contributed by atoms with Crippen LogP contribution >= 0.6 is 0 Å². The highest BCUT2D eigenvalue weighted by Gasteiger charge is 2.43. The molecule has 19 heavy (non-hydrogen) atoms. The largest absolute Gasteiger partial charge is 0.371 e. The highest BCUT2D eigenvalue weighted by atomic mass is 16.6. The summed E-state index contributed by atoms with van der Waals surface area (Å²) in [6.07, 6.45) is 1.22. The van der Waals surface area contributed by atoms with Gasteiger partial charge in [0, 0.05) is 13.1 Å². The zero-order valence-corrected chi connectivity index (χ0v) is 11.5. The van der Waals surface area contributed by atoms with Crippen molar-refractivity contribution in [2.24, 2.45) is 5.41 Å². The van der Waals surface area contributed by atoms with E-state index in [0.717, 1.165) is 0 Å². The second-order valence-corrected chi connectivity index (χ2v) is 5.12. The van der Waals surface area contributed by atoms with Gasteiger partial charge >= 0.3 is 0 Å². The van der Waals surface area contributed by atoms with Gasteiger partial charge in [-0.1, -0.05) is 13.8 Å². The smallest absolute Gasteiger partial charge is 0.235 e. The maximum atomic E-state index is 12.3. The Morgan fingerprint density at radius 2 is 1.37 bits per heavy atom. The SMILES string of the molecule is CCC(CC)(C(=O)NCC1CO1)C(=O)NCC1CO1. The van der Waals surface area contributed by atoms with Crippen molar-refractivity contribution in [3.63, 3.8) is 0 Å². The highest BCUT2D eigenvalue weighted by molar-refractivity contribution is 6.05. The molecule has 6 heteroatoms. The maximum absolute atomic E-state index is 12.3. The lowest BCUT2D eigenvalue weighted by Crippen LogP contribution is -2.52. The standard InChI is InChI=1S/C13H22N2O4/c1-3-13(4-2,11(16)14-5-9-7-18-9)12(17)15-6-10-8-19-10/h9-10H,3-8H2,1-2H3,(H,14,16)(H,15,17). The molecule has 2 atom stereocenters. The second-order valence-electron chi connectivity index (χ2n) is 5.12. The molecule has 2 heterocycles. The van der Waals surface area contributed by atoms with Crippen LogP contribution in [-0.2, 0) is 19.1 Å². The molecule has 2 rings (SSSR count). The van der Waals surface area contributed by atoms with Gasteiger partial charge in [-0.25, -0.2) is 0 Å². The molecule has 0 spiro atoms. The summed E-state index contributed by atoms with van der Waals surface area (Å²) < 4.78 is 10.1. The first-order chi connectivity index (χ1) is 9.12. The Bertz CT molecular complexity index is 317. The molecule has 2 amide bonds. The van der Waals surface area contributed by atoms with Crippen LogP contribution in [0.3, 0.4) is 0 Å². The highest BCUT2D eigenvalue weighted by Crippen LogP contribution is 2.27. The van der Waals surface area contributed by atoms with Gasteiger partial charge in [-0.2, -0.15) is 0 Å². The van der Waals surface area contributed by atoms with Crippen LogP contribution in [0.15, 0.2) is 0 Å². The van der Waals surface area contributed by atoms with E-state index in [2.05, 4.69) is 10.6 Å². The molecule has 2 N–H and O–H groups in total. The lowest BCUT2D eigenvalue weighted by molar-refractivity contribution is -0.144. The minimum Gasteiger partial charge on any atom is -0.371 e. The molecule has 108 valence electrons. The summed E-state index contributed by atoms with van der Waals surface area (Å²) >= 11 is 0. The molecule has 2 fully saturated rings. The topological polar surface area (TPSA) is 83.3 Å². The monoisotopic (exact) mass is 270 g/mol. The average molecular weight is 270 g/mol. The summed E-state index contributed by atoms with van der Waals surface area (Å²) in [4.78, 5) is 24.6. The number of epoxide rings is 2. The molecule has 0 bridgehead atoms. The van der Waals surface area contributed by atoms with Crippen LogP contribution in [-0.4, -0.2) is 50.3 Å². The van der Waals surface area contributed by atoms with Crippen LogP contribution in [0.25, 0.3) is 0 Å². The molecular formula is C13H22N2O4. The molecule has 0 aliphatic carbocycles. The number of rotatable bonds is 8. The summed E-state index contributed by atoms with van der Waals surface area (Å²) in [6.45, 7) is 6.08. The zero-order valence-electron chi connectivity index (χ0n) is 11.5. The van der Waals surface area contributed by atoms with Gasteiger partial charge in [0.05, 0.1) is 25.4 Å². The average Bonchev–Trinajstić information content (AvgIpc) is 3.30. The molecule has 0 radical (unpaired) electrons. The van der Waals surface area contributed by atoms with Crippen LogP contribution in [0.1, 0.15) is 26.7 Å². The predicted molar refractivity (Wildman–Crippen MR) is 68.5 cm³/mol. The van der Waals surface area contributed by atoms with Crippen LogP contribution in [0.5, 0.6) is 0 Å². The van der Waals surface area contributed by atoms with Crippen LogP contribution in [0.2, 0.25) is 0 Å². The van der Waals surface area contributed by atoms with Crippen molar-refractivity contribution in [3.05, 3.63) is 0 Å². The third-order valence-electron chi connectivity index (χ3n) is 3.86. The fourth-order valence-electron chi connectivity index (χ4n) is 2.12. The Hall–Kier alpha value is -1.14. The fraction of sp³-hybridized carbons (Fsp3) is 0.846. The van der Waals surface area contributed by atoms with Crippen molar-refractivity contribution < 1.29 is 19.1 Å². The van der Waals surface area contributed by atoms with Gasteiger partial charge in [-0.15, -0.1) is 0 Å². The Morgan fingerprint density at radius 3 is 1.63 bits per heavy atom.